The number of fused-ring (bicyclic) bond motifs is 1. The standard InChI is InChI=1S/C19H13ClN2S.ClH/c20-15-10-8-14(9-11-15)18-12-23-19(22-18)21-17-7-3-5-13-4-1-2-6-16(13)17;/h1-12H,(H,21,22);1H. The van der Waals surface area contributed by atoms with Crippen molar-refractivity contribution in [3.05, 3.63) is 77.1 Å². The second-order valence-electron chi connectivity index (χ2n) is 5.20. The molecule has 1 heterocycles. The lowest BCUT2D eigenvalue weighted by Crippen LogP contribution is -1.90. The zero-order valence-electron chi connectivity index (χ0n) is 12.6. The summed E-state index contributed by atoms with van der Waals surface area (Å²) < 4.78 is 0. The van der Waals surface area contributed by atoms with Gasteiger partial charge in [-0.1, -0.05) is 60.1 Å². The minimum Gasteiger partial charge on any atom is -0.331 e. The SMILES string of the molecule is Cl.Clc1ccc(-c2csc(Nc3cccc4ccccc34)n2)cc1. The number of benzene rings is 3. The van der Waals surface area contributed by atoms with Crippen LogP contribution in [-0.4, -0.2) is 4.98 Å². The Morgan fingerprint density at radius 2 is 1.62 bits per heavy atom. The molecule has 4 rings (SSSR count). The second kappa shape index (κ2) is 7.22. The Labute approximate surface area is 155 Å². The third kappa shape index (κ3) is 3.39. The van der Waals surface area contributed by atoms with Gasteiger partial charge in [0.05, 0.1) is 5.69 Å². The molecular weight excluding hydrogens is 359 g/mol. The van der Waals surface area contributed by atoms with Gasteiger partial charge in [0.1, 0.15) is 0 Å². The van der Waals surface area contributed by atoms with Crippen LogP contribution in [0.15, 0.2) is 72.1 Å². The molecular formula is C19H14Cl2N2S. The van der Waals surface area contributed by atoms with Crippen molar-refractivity contribution >= 4 is 56.9 Å². The van der Waals surface area contributed by atoms with Crippen molar-refractivity contribution in [1.29, 1.82) is 0 Å². The molecule has 0 bridgehead atoms. The van der Waals surface area contributed by atoms with Crippen LogP contribution >= 0.6 is 35.3 Å². The van der Waals surface area contributed by atoms with Gasteiger partial charge in [0.25, 0.3) is 0 Å². The highest BCUT2D eigenvalue weighted by Gasteiger charge is 2.06. The molecule has 0 amide bonds. The molecule has 5 heteroatoms. The highest BCUT2D eigenvalue weighted by atomic mass is 35.5. The fourth-order valence-electron chi connectivity index (χ4n) is 2.53. The average Bonchev–Trinajstić information content (AvgIpc) is 3.04. The first-order valence-corrected chi connectivity index (χ1v) is 8.52. The molecule has 1 aromatic heterocycles. The van der Waals surface area contributed by atoms with Gasteiger partial charge in [-0.2, -0.15) is 0 Å². The summed E-state index contributed by atoms with van der Waals surface area (Å²) in [7, 11) is 0. The third-order valence-corrected chi connectivity index (χ3v) is 4.69. The monoisotopic (exact) mass is 372 g/mol. The van der Waals surface area contributed by atoms with E-state index in [0.717, 1.165) is 27.1 Å². The fraction of sp³-hybridized carbons (Fsp3) is 0. The third-order valence-electron chi connectivity index (χ3n) is 3.68. The average molecular weight is 373 g/mol. The van der Waals surface area contributed by atoms with Crippen molar-refractivity contribution in [1.82, 2.24) is 4.98 Å². The number of nitrogens with one attached hydrogen (secondary N) is 1. The summed E-state index contributed by atoms with van der Waals surface area (Å²) in [4.78, 5) is 4.68. The Hall–Kier alpha value is -2.07. The van der Waals surface area contributed by atoms with Crippen molar-refractivity contribution in [2.75, 3.05) is 5.32 Å². The first-order chi connectivity index (χ1) is 11.3. The van der Waals surface area contributed by atoms with Gasteiger partial charge >= 0.3 is 0 Å². The summed E-state index contributed by atoms with van der Waals surface area (Å²) in [6, 6.07) is 22.3. The molecule has 0 unspecified atom stereocenters. The largest absolute Gasteiger partial charge is 0.331 e. The molecule has 0 radical (unpaired) electrons. The quantitative estimate of drug-likeness (QED) is 0.428. The zero-order chi connectivity index (χ0) is 15.6. The van der Waals surface area contributed by atoms with E-state index in [0.29, 0.717) is 0 Å². The van der Waals surface area contributed by atoms with Crippen molar-refractivity contribution in [3.8, 4) is 11.3 Å². The Morgan fingerprint density at radius 1 is 0.875 bits per heavy atom. The number of hydrogen-bond donors (Lipinski definition) is 1. The van der Waals surface area contributed by atoms with Crippen LogP contribution in [0.1, 0.15) is 0 Å². The minimum absolute atomic E-state index is 0. The first-order valence-electron chi connectivity index (χ1n) is 7.26. The van der Waals surface area contributed by atoms with E-state index in [2.05, 4.69) is 52.1 Å². The van der Waals surface area contributed by atoms with E-state index < -0.39 is 0 Å². The summed E-state index contributed by atoms with van der Waals surface area (Å²) in [6.07, 6.45) is 0. The van der Waals surface area contributed by atoms with Crippen molar-refractivity contribution < 1.29 is 0 Å². The van der Waals surface area contributed by atoms with E-state index >= 15 is 0 Å². The van der Waals surface area contributed by atoms with E-state index in [4.69, 9.17) is 11.6 Å². The Bertz CT molecular complexity index is 959. The maximum atomic E-state index is 5.94. The minimum atomic E-state index is 0. The number of halogens is 2. The molecule has 0 saturated carbocycles. The molecule has 0 aliphatic carbocycles. The van der Waals surface area contributed by atoms with Crippen LogP contribution in [-0.2, 0) is 0 Å². The van der Waals surface area contributed by atoms with Gasteiger partial charge in [-0.05, 0) is 23.6 Å². The summed E-state index contributed by atoms with van der Waals surface area (Å²) in [6.45, 7) is 0. The molecule has 0 fully saturated rings. The van der Waals surface area contributed by atoms with Crippen LogP contribution in [0.4, 0.5) is 10.8 Å². The highest BCUT2D eigenvalue weighted by molar-refractivity contribution is 7.14. The predicted molar refractivity (Wildman–Crippen MR) is 107 cm³/mol. The molecule has 24 heavy (non-hydrogen) atoms. The maximum Gasteiger partial charge on any atom is 0.187 e. The lowest BCUT2D eigenvalue weighted by atomic mass is 10.1. The van der Waals surface area contributed by atoms with Crippen LogP contribution < -0.4 is 5.32 Å². The Balaban J connectivity index is 0.00000169. The first kappa shape index (κ1) is 16.8. The normalized spacial score (nSPS) is 10.4. The molecule has 0 aliphatic heterocycles. The molecule has 1 N–H and O–H groups in total. The molecule has 4 aromatic rings. The second-order valence-corrected chi connectivity index (χ2v) is 6.49. The van der Waals surface area contributed by atoms with Crippen LogP contribution in [0.5, 0.6) is 0 Å². The summed E-state index contributed by atoms with van der Waals surface area (Å²) in [5.74, 6) is 0. The molecule has 0 aliphatic rings. The number of nitrogens with zero attached hydrogens (tertiary/aromatic N) is 1. The predicted octanol–water partition coefficient (Wildman–Crippen LogP) is 6.78. The van der Waals surface area contributed by atoms with E-state index in [1.54, 1.807) is 11.3 Å². The van der Waals surface area contributed by atoms with Crippen molar-refractivity contribution in [2.24, 2.45) is 0 Å². The number of aromatic nitrogens is 1. The van der Waals surface area contributed by atoms with Gasteiger partial charge in [-0.15, -0.1) is 23.7 Å². The van der Waals surface area contributed by atoms with Gasteiger partial charge in [0, 0.05) is 27.0 Å². The molecule has 120 valence electrons. The van der Waals surface area contributed by atoms with Crippen LogP contribution in [0.2, 0.25) is 5.02 Å². The maximum absolute atomic E-state index is 5.94. The summed E-state index contributed by atoms with van der Waals surface area (Å²) >= 11 is 7.53. The van der Waals surface area contributed by atoms with E-state index in [1.807, 2.05) is 30.3 Å². The lowest BCUT2D eigenvalue weighted by molar-refractivity contribution is 1.39. The highest BCUT2D eigenvalue weighted by Crippen LogP contribution is 2.30. The zero-order valence-corrected chi connectivity index (χ0v) is 15.0. The van der Waals surface area contributed by atoms with Crippen LogP contribution in [0.3, 0.4) is 0 Å². The number of thiazole rings is 1. The van der Waals surface area contributed by atoms with E-state index in [1.165, 1.54) is 10.8 Å². The Kier molecular flexibility index (Phi) is 5.05. The van der Waals surface area contributed by atoms with E-state index in [9.17, 15) is 0 Å². The van der Waals surface area contributed by atoms with Crippen LogP contribution in [0, 0.1) is 0 Å². The van der Waals surface area contributed by atoms with Gasteiger partial charge < -0.3 is 5.32 Å². The molecule has 0 atom stereocenters. The Morgan fingerprint density at radius 3 is 2.46 bits per heavy atom. The molecule has 3 aromatic carbocycles. The molecule has 0 saturated heterocycles. The molecule has 0 spiro atoms. The van der Waals surface area contributed by atoms with Gasteiger partial charge in [0.15, 0.2) is 5.13 Å². The van der Waals surface area contributed by atoms with E-state index in [-0.39, 0.29) is 12.4 Å². The number of hydrogen-bond acceptors (Lipinski definition) is 3. The summed E-state index contributed by atoms with van der Waals surface area (Å²) in [5.41, 5.74) is 3.09. The lowest BCUT2D eigenvalue weighted by Gasteiger charge is -2.07. The van der Waals surface area contributed by atoms with Gasteiger partial charge in [-0.3, -0.25) is 0 Å². The van der Waals surface area contributed by atoms with Crippen LogP contribution in [0.25, 0.3) is 22.0 Å². The van der Waals surface area contributed by atoms with Gasteiger partial charge in [-0.25, -0.2) is 4.98 Å². The number of anilines is 2. The fourth-order valence-corrected chi connectivity index (χ4v) is 3.39. The number of rotatable bonds is 3. The summed E-state index contributed by atoms with van der Waals surface area (Å²) in [5, 5.41) is 9.50. The smallest absolute Gasteiger partial charge is 0.187 e. The topological polar surface area (TPSA) is 24.9 Å². The molecule has 2 nitrogen and oxygen atoms in total. The van der Waals surface area contributed by atoms with Crippen molar-refractivity contribution in [2.45, 2.75) is 0 Å². The van der Waals surface area contributed by atoms with Crippen molar-refractivity contribution in [3.63, 3.8) is 0 Å². The van der Waals surface area contributed by atoms with Gasteiger partial charge in [0.2, 0.25) is 0 Å².